The van der Waals surface area contributed by atoms with Crippen molar-refractivity contribution < 1.29 is 4.79 Å². The van der Waals surface area contributed by atoms with E-state index < -0.39 is 0 Å². The summed E-state index contributed by atoms with van der Waals surface area (Å²) in [7, 11) is 0. The Morgan fingerprint density at radius 2 is 2.44 bits per heavy atom. The van der Waals surface area contributed by atoms with Crippen LogP contribution in [-0.4, -0.2) is 22.3 Å². The predicted molar refractivity (Wildman–Crippen MR) is 69.2 cm³/mol. The first-order valence-electron chi connectivity index (χ1n) is 5.11. The van der Waals surface area contributed by atoms with Crippen LogP contribution in [0.25, 0.3) is 0 Å². The first kappa shape index (κ1) is 13.5. The lowest BCUT2D eigenvalue weighted by molar-refractivity contribution is 0.0938. The summed E-state index contributed by atoms with van der Waals surface area (Å²) < 4.78 is 0. The topological polar surface area (TPSA) is 42.0 Å². The summed E-state index contributed by atoms with van der Waals surface area (Å²) in [5, 5.41) is 4.23. The molecule has 1 unspecified atom stereocenters. The molecule has 16 heavy (non-hydrogen) atoms. The van der Waals surface area contributed by atoms with Crippen LogP contribution < -0.4 is 5.32 Å². The summed E-state index contributed by atoms with van der Waals surface area (Å²) in [5.74, 6) is -0.144. The van der Waals surface area contributed by atoms with Crippen molar-refractivity contribution >= 4 is 33.4 Å². The quantitative estimate of drug-likeness (QED) is 0.850. The van der Waals surface area contributed by atoms with Crippen molar-refractivity contribution in [1.29, 1.82) is 0 Å². The molecule has 0 spiro atoms. The van der Waals surface area contributed by atoms with Gasteiger partial charge in [-0.2, -0.15) is 0 Å². The van der Waals surface area contributed by atoms with Crippen LogP contribution in [0.1, 0.15) is 30.1 Å². The number of alkyl halides is 1. The summed E-state index contributed by atoms with van der Waals surface area (Å²) >= 11 is 9.23. The number of aromatic nitrogens is 1. The molecule has 88 valence electrons. The van der Waals surface area contributed by atoms with Crippen molar-refractivity contribution in [2.45, 2.75) is 25.8 Å². The van der Waals surface area contributed by atoms with Gasteiger partial charge in [0.15, 0.2) is 0 Å². The summed E-state index contributed by atoms with van der Waals surface area (Å²) in [6.45, 7) is 1.98. The molecule has 0 saturated heterocycles. The van der Waals surface area contributed by atoms with Crippen LogP contribution >= 0.6 is 27.5 Å². The number of pyridine rings is 1. The van der Waals surface area contributed by atoms with Gasteiger partial charge in [0, 0.05) is 23.8 Å². The molecular formula is C11H14BrClN2O. The van der Waals surface area contributed by atoms with Crippen molar-refractivity contribution in [3.05, 3.63) is 29.0 Å². The number of carbonyl (C=O) groups is 1. The maximum absolute atomic E-state index is 11.8. The van der Waals surface area contributed by atoms with Crippen molar-refractivity contribution in [2.24, 2.45) is 0 Å². The largest absolute Gasteiger partial charge is 0.350 e. The average molecular weight is 306 g/mol. The van der Waals surface area contributed by atoms with Gasteiger partial charge in [-0.05, 0) is 25.8 Å². The molecule has 1 heterocycles. The van der Waals surface area contributed by atoms with E-state index in [0.717, 1.165) is 18.2 Å². The molecule has 1 aromatic heterocycles. The number of halogens is 2. The van der Waals surface area contributed by atoms with E-state index in [1.165, 1.54) is 6.20 Å². The third-order valence-corrected chi connectivity index (χ3v) is 3.03. The van der Waals surface area contributed by atoms with Crippen LogP contribution in [-0.2, 0) is 0 Å². The van der Waals surface area contributed by atoms with Crippen molar-refractivity contribution in [3.63, 3.8) is 0 Å². The van der Waals surface area contributed by atoms with Gasteiger partial charge in [-0.1, -0.05) is 27.5 Å². The number of hydrogen-bond donors (Lipinski definition) is 1. The van der Waals surface area contributed by atoms with Crippen LogP contribution in [0.5, 0.6) is 0 Å². The summed E-state index contributed by atoms with van der Waals surface area (Å²) in [6.07, 6.45) is 5.01. The minimum atomic E-state index is -0.144. The van der Waals surface area contributed by atoms with Crippen molar-refractivity contribution in [2.75, 3.05) is 5.33 Å². The molecular weight excluding hydrogens is 291 g/mol. The fourth-order valence-corrected chi connectivity index (χ4v) is 1.85. The number of amides is 1. The van der Waals surface area contributed by atoms with Gasteiger partial charge in [-0.15, -0.1) is 0 Å². The zero-order valence-electron chi connectivity index (χ0n) is 9.04. The maximum atomic E-state index is 11.8. The Hall–Kier alpha value is -0.610. The van der Waals surface area contributed by atoms with E-state index in [9.17, 15) is 4.79 Å². The van der Waals surface area contributed by atoms with Crippen LogP contribution in [0.4, 0.5) is 0 Å². The highest BCUT2D eigenvalue weighted by Gasteiger charge is 2.12. The second-order valence-electron chi connectivity index (χ2n) is 3.56. The number of nitrogens with one attached hydrogen (secondary N) is 1. The second-order valence-corrected chi connectivity index (χ2v) is 4.76. The first-order valence-corrected chi connectivity index (χ1v) is 6.61. The Balaban J connectivity index is 2.56. The Morgan fingerprint density at radius 3 is 3.06 bits per heavy atom. The average Bonchev–Trinajstić information content (AvgIpc) is 2.26. The minimum Gasteiger partial charge on any atom is -0.350 e. The van der Waals surface area contributed by atoms with Gasteiger partial charge in [-0.3, -0.25) is 9.78 Å². The maximum Gasteiger partial charge on any atom is 0.253 e. The molecule has 3 nitrogen and oxygen atoms in total. The zero-order chi connectivity index (χ0) is 12.0. The summed E-state index contributed by atoms with van der Waals surface area (Å²) in [5.41, 5.74) is 0.474. The Bertz CT molecular complexity index is 360. The fraction of sp³-hybridized carbons (Fsp3) is 0.455. The molecule has 0 aliphatic heterocycles. The molecule has 1 aromatic rings. The van der Waals surface area contributed by atoms with Gasteiger partial charge in [-0.25, -0.2) is 0 Å². The van der Waals surface area contributed by atoms with Gasteiger partial charge >= 0.3 is 0 Å². The smallest absolute Gasteiger partial charge is 0.253 e. The normalized spacial score (nSPS) is 12.2. The van der Waals surface area contributed by atoms with Crippen molar-refractivity contribution in [1.82, 2.24) is 10.3 Å². The third-order valence-electron chi connectivity index (χ3n) is 2.17. The van der Waals surface area contributed by atoms with E-state index in [1.807, 2.05) is 6.92 Å². The molecule has 1 atom stereocenters. The molecule has 0 radical (unpaired) electrons. The van der Waals surface area contributed by atoms with E-state index in [1.54, 1.807) is 12.3 Å². The van der Waals surface area contributed by atoms with E-state index >= 15 is 0 Å². The van der Waals surface area contributed by atoms with Crippen molar-refractivity contribution in [3.8, 4) is 0 Å². The van der Waals surface area contributed by atoms with Crippen LogP contribution in [0.2, 0.25) is 5.02 Å². The van der Waals surface area contributed by atoms with E-state index in [2.05, 4.69) is 26.2 Å². The molecule has 0 aromatic carbocycles. The highest BCUT2D eigenvalue weighted by molar-refractivity contribution is 9.09. The Morgan fingerprint density at radius 1 is 1.69 bits per heavy atom. The molecule has 5 heteroatoms. The van der Waals surface area contributed by atoms with Gasteiger partial charge in [0.05, 0.1) is 10.6 Å². The van der Waals surface area contributed by atoms with E-state index in [-0.39, 0.29) is 11.9 Å². The molecule has 0 fully saturated rings. The van der Waals surface area contributed by atoms with E-state index in [0.29, 0.717) is 10.6 Å². The standard InChI is InChI=1S/C11H14BrClN2O/c1-8(3-2-5-12)15-11(16)9-4-6-14-7-10(9)13/h4,6-8H,2-3,5H2,1H3,(H,15,16). The SMILES string of the molecule is CC(CCCBr)NC(=O)c1ccncc1Cl. The van der Waals surface area contributed by atoms with Crippen LogP contribution in [0, 0.1) is 0 Å². The van der Waals surface area contributed by atoms with Crippen LogP contribution in [0.3, 0.4) is 0 Å². The Kier molecular flexibility index (Phi) is 5.77. The van der Waals surface area contributed by atoms with Gasteiger partial charge in [0.25, 0.3) is 5.91 Å². The number of nitrogens with zero attached hydrogens (tertiary/aromatic N) is 1. The van der Waals surface area contributed by atoms with Gasteiger partial charge in [0.1, 0.15) is 0 Å². The fourth-order valence-electron chi connectivity index (χ4n) is 1.32. The Labute approximate surface area is 109 Å². The number of rotatable bonds is 5. The lowest BCUT2D eigenvalue weighted by atomic mass is 10.2. The lowest BCUT2D eigenvalue weighted by Crippen LogP contribution is -2.32. The molecule has 0 bridgehead atoms. The van der Waals surface area contributed by atoms with Gasteiger partial charge in [0.2, 0.25) is 0 Å². The second kappa shape index (κ2) is 6.86. The molecule has 0 saturated carbocycles. The highest BCUT2D eigenvalue weighted by atomic mass is 79.9. The lowest BCUT2D eigenvalue weighted by Gasteiger charge is -2.13. The minimum absolute atomic E-state index is 0.144. The third kappa shape index (κ3) is 4.10. The number of carbonyl (C=O) groups excluding carboxylic acids is 1. The molecule has 0 aliphatic carbocycles. The number of hydrogen-bond acceptors (Lipinski definition) is 2. The van der Waals surface area contributed by atoms with E-state index in [4.69, 9.17) is 11.6 Å². The highest BCUT2D eigenvalue weighted by Crippen LogP contribution is 2.13. The van der Waals surface area contributed by atoms with Crippen LogP contribution in [0.15, 0.2) is 18.5 Å². The summed E-state index contributed by atoms with van der Waals surface area (Å²) in [4.78, 5) is 15.6. The molecule has 1 amide bonds. The molecule has 0 aliphatic rings. The summed E-state index contributed by atoms with van der Waals surface area (Å²) in [6, 6.07) is 1.77. The zero-order valence-corrected chi connectivity index (χ0v) is 11.4. The monoisotopic (exact) mass is 304 g/mol. The first-order chi connectivity index (χ1) is 7.65. The molecule has 1 N–H and O–H groups in total. The van der Waals surface area contributed by atoms with Gasteiger partial charge < -0.3 is 5.32 Å². The predicted octanol–water partition coefficient (Wildman–Crippen LogP) is 3.03. The molecule has 1 rings (SSSR count).